The summed E-state index contributed by atoms with van der Waals surface area (Å²) in [6.45, 7) is 3.72. The van der Waals surface area contributed by atoms with Crippen LogP contribution in [-0.2, 0) is 13.1 Å². The average Bonchev–Trinajstić information content (AvgIpc) is 3.25. The Morgan fingerprint density at radius 1 is 1.38 bits per heavy atom. The van der Waals surface area contributed by atoms with Crippen LogP contribution in [0.3, 0.4) is 0 Å². The molecule has 1 atom stereocenters. The predicted octanol–water partition coefficient (Wildman–Crippen LogP) is 2.59. The fourth-order valence-corrected chi connectivity index (χ4v) is 3.72. The van der Waals surface area contributed by atoms with E-state index in [1.807, 2.05) is 40.8 Å². The molecule has 0 bridgehead atoms. The molecule has 3 heterocycles. The van der Waals surface area contributed by atoms with E-state index >= 15 is 0 Å². The van der Waals surface area contributed by atoms with Crippen LogP contribution >= 0.6 is 11.3 Å². The van der Waals surface area contributed by atoms with Crippen molar-refractivity contribution in [3.63, 3.8) is 0 Å². The molecule has 1 N–H and O–H groups in total. The lowest BCUT2D eigenvalue weighted by Crippen LogP contribution is -2.38. The van der Waals surface area contributed by atoms with Gasteiger partial charge in [-0.05, 0) is 30.7 Å². The third kappa shape index (κ3) is 2.59. The van der Waals surface area contributed by atoms with E-state index in [-0.39, 0.29) is 5.91 Å². The Morgan fingerprint density at radius 3 is 3.08 bits per heavy atom. The van der Waals surface area contributed by atoms with Crippen LogP contribution < -0.4 is 0 Å². The van der Waals surface area contributed by atoms with E-state index in [1.165, 1.54) is 11.3 Å². The minimum atomic E-state index is -0.541. The van der Waals surface area contributed by atoms with Crippen molar-refractivity contribution in [2.75, 3.05) is 6.54 Å². The molecule has 0 unspecified atom stereocenters. The maximum atomic E-state index is 12.8. The van der Waals surface area contributed by atoms with Gasteiger partial charge in [0.1, 0.15) is 0 Å². The first-order chi connectivity index (χ1) is 11.7. The van der Waals surface area contributed by atoms with E-state index in [4.69, 9.17) is 0 Å². The number of aliphatic hydroxyl groups is 1. The van der Waals surface area contributed by atoms with E-state index in [9.17, 15) is 9.90 Å². The van der Waals surface area contributed by atoms with Gasteiger partial charge in [-0.2, -0.15) is 5.10 Å². The normalized spacial score (nSPS) is 15.5. The number of aliphatic hydroxyl groups excluding tert-OH is 1. The third-order valence-corrected chi connectivity index (χ3v) is 5.20. The summed E-state index contributed by atoms with van der Waals surface area (Å²) in [5.41, 5.74) is 5.06. The largest absolute Gasteiger partial charge is 0.387 e. The number of thiazole rings is 1. The van der Waals surface area contributed by atoms with Crippen LogP contribution in [0.2, 0.25) is 0 Å². The summed E-state index contributed by atoms with van der Waals surface area (Å²) in [6, 6.07) is 7.54. The molecule has 0 radical (unpaired) electrons. The van der Waals surface area contributed by atoms with E-state index in [0.717, 1.165) is 15.9 Å². The van der Waals surface area contributed by atoms with Crippen LogP contribution in [0.4, 0.5) is 0 Å². The van der Waals surface area contributed by atoms with Gasteiger partial charge in [-0.15, -0.1) is 11.3 Å². The number of aromatic nitrogens is 3. The Hall–Kier alpha value is -2.25. The van der Waals surface area contributed by atoms with Gasteiger partial charge in [0, 0.05) is 12.1 Å². The fourth-order valence-electron chi connectivity index (χ4n) is 3.00. The molecule has 0 saturated heterocycles. The first kappa shape index (κ1) is 15.3. The molecule has 0 spiro atoms. The molecule has 0 fully saturated rings. The number of amides is 1. The summed E-state index contributed by atoms with van der Waals surface area (Å²) in [5, 5.41) is 14.4. The van der Waals surface area contributed by atoms with Crippen molar-refractivity contribution in [3.8, 4) is 0 Å². The van der Waals surface area contributed by atoms with Gasteiger partial charge in [-0.1, -0.05) is 6.92 Å². The highest BCUT2D eigenvalue weighted by atomic mass is 32.1. The molecule has 1 aliphatic rings. The van der Waals surface area contributed by atoms with Crippen molar-refractivity contribution in [2.45, 2.75) is 32.5 Å². The molecule has 1 aliphatic heterocycles. The average molecular weight is 342 g/mol. The Balaban J connectivity index is 1.57. The molecule has 4 rings (SSSR count). The van der Waals surface area contributed by atoms with Crippen molar-refractivity contribution in [1.29, 1.82) is 0 Å². The highest BCUT2D eigenvalue weighted by molar-refractivity contribution is 7.16. The zero-order valence-corrected chi connectivity index (χ0v) is 14.2. The quantitative estimate of drug-likeness (QED) is 0.794. The lowest BCUT2D eigenvalue weighted by molar-refractivity contribution is 0.0706. The van der Waals surface area contributed by atoms with E-state index < -0.39 is 6.10 Å². The van der Waals surface area contributed by atoms with Gasteiger partial charge in [-0.25, -0.2) is 4.98 Å². The number of fused-ring (bicyclic) bond motifs is 2. The maximum Gasteiger partial charge on any atom is 0.254 e. The Kier molecular flexibility index (Phi) is 3.82. The third-order valence-electron chi connectivity index (χ3n) is 4.41. The predicted molar refractivity (Wildman–Crippen MR) is 91.8 cm³/mol. The van der Waals surface area contributed by atoms with Crippen molar-refractivity contribution >= 4 is 27.5 Å². The molecule has 0 aliphatic carbocycles. The highest BCUT2D eigenvalue weighted by Gasteiger charge is 2.24. The number of carbonyl (C=O) groups is 1. The first-order valence-corrected chi connectivity index (χ1v) is 8.91. The number of benzene rings is 1. The summed E-state index contributed by atoms with van der Waals surface area (Å²) in [5.74, 6) is 0.0235. The summed E-state index contributed by atoms with van der Waals surface area (Å²) in [7, 11) is 0. The number of carbonyl (C=O) groups excluding carboxylic acids is 1. The standard InChI is InChI=1S/C17H18N4O2S/c1-2-15(22)14-8-12-9-20(5-6-21(12)19-14)17(23)11-3-4-13-16(7-11)24-10-18-13/h3-4,7-8,10,15,22H,2,5-6,9H2,1H3/t15-/m0/s1. The van der Waals surface area contributed by atoms with Gasteiger partial charge in [0.05, 0.1) is 46.3 Å². The fraction of sp³-hybridized carbons (Fsp3) is 0.353. The molecule has 2 aromatic heterocycles. The van der Waals surface area contributed by atoms with Gasteiger partial charge in [0.2, 0.25) is 0 Å². The first-order valence-electron chi connectivity index (χ1n) is 8.03. The zero-order valence-electron chi connectivity index (χ0n) is 13.3. The van der Waals surface area contributed by atoms with Gasteiger partial charge in [0.15, 0.2) is 0 Å². The summed E-state index contributed by atoms with van der Waals surface area (Å²) < 4.78 is 2.92. The van der Waals surface area contributed by atoms with Crippen molar-refractivity contribution < 1.29 is 9.90 Å². The lowest BCUT2D eigenvalue weighted by atomic mass is 10.1. The second-order valence-electron chi connectivity index (χ2n) is 5.97. The summed E-state index contributed by atoms with van der Waals surface area (Å²) in [6.07, 6.45) is 0.0921. The number of hydrogen-bond donors (Lipinski definition) is 1. The van der Waals surface area contributed by atoms with Crippen LogP contribution in [0, 0.1) is 0 Å². The van der Waals surface area contributed by atoms with Crippen LogP contribution in [0.1, 0.15) is 41.2 Å². The summed E-state index contributed by atoms with van der Waals surface area (Å²) >= 11 is 1.54. The number of nitrogens with zero attached hydrogens (tertiary/aromatic N) is 4. The van der Waals surface area contributed by atoms with Gasteiger partial charge >= 0.3 is 0 Å². The van der Waals surface area contributed by atoms with E-state index in [0.29, 0.717) is 37.3 Å². The van der Waals surface area contributed by atoms with Crippen molar-refractivity contribution in [3.05, 3.63) is 46.7 Å². The molecular weight excluding hydrogens is 324 g/mol. The molecule has 24 heavy (non-hydrogen) atoms. The molecule has 1 aromatic carbocycles. The highest BCUT2D eigenvalue weighted by Crippen LogP contribution is 2.23. The molecular formula is C17H18N4O2S. The van der Waals surface area contributed by atoms with Crippen LogP contribution in [0.15, 0.2) is 29.8 Å². The van der Waals surface area contributed by atoms with Crippen LogP contribution in [-0.4, -0.2) is 37.2 Å². The SMILES string of the molecule is CC[C@H](O)c1cc2n(n1)CCN(C(=O)c1ccc3ncsc3c1)C2. The van der Waals surface area contributed by atoms with Crippen LogP contribution in [0.25, 0.3) is 10.2 Å². The number of hydrogen-bond acceptors (Lipinski definition) is 5. The minimum Gasteiger partial charge on any atom is -0.387 e. The van der Waals surface area contributed by atoms with Gasteiger partial charge in [0.25, 0.3) is 5.91 Å². The second kappa shape index (κ2) is 5.99. The summed E-state index contributed by atoms with van der Waals surface area (Å²) in [4.78, 5) is 18.9. The molecule has 124 valence electrons. The second-order valence-corrected chi connectivity index (χ2v) is 6.86. The molecule has 7 heteroatoms. The topological polar surface area (TPSA) is 71.2 Å². The number of rotatable bonds is 3. The van der Waals surface area contributed by atoms with Crippen molar-refractivity contribution in [2.24, 2.45) is 0 Å². The van der Waals surface area contributed by atoms with Gasteiger partial charge in [-0.3, -0.25) is 9.48 Å². The Bertz CT molecular complexity index is 901. The maximum absolute atomic E-state index is 12.8. The van der Waals surface area contributed by atoms with Crippen LogP contribution in [0.5, 0.6) is 0 Å². The molecule has 1 amide bonds. The Labute approximate surface area is 143 Å². The van der Waals surface area contributed by atoms with Gasteiger partial charge < -0.3 is 10.0 Å². The molecule has 6 nitrogen and oxygen atoms in total. The van der Waals surface area contributed by atoms with E-state index in [2.05, 4.69) is 10.1 Å². The van der Waals surface area contributed by atoms with Crippen molar-refractivity contribution in [1.82, 2.24) is 19.7 Å². The minimum absolute atomic E-state index is 0.0235. The Morgan fingerprint density at radius 2 is 2.25 bits per heavy atom. The lowest BCUT2D eigenvalue weighted by Gasteiger charge is -2.27. The smallest absolute Gasteiger partial charge is 0.254 e. The van der Waals surface area contributed by atoms with E-state index in [1.54, 1.807) is 5.51 Å². The zero-order chi connectivity index (χ0) is 16.7. The molecule has 3 aromatic rings. The molecule has 0 saturated carbocycles. The monoisotopic (exact) mass is 342 g/mol.